The number of nitrogens with one attached hydrogen (secondary N) is 1. The van der Waals surface area contributed by atoms with Crippen LogP contribution in [-0.4, -0.2) is 44.7 Å². The minimum atomic E-state index is -1.17. The van der Waals surface area contributed by atoms with Crippen molar-refractivity contribution in [1.82, 2.24) is 14.8 Å². The van der Waals surface area contributed by atoms with Gasteiger partial charge in [0.15, 0.2) is 12.3 Å². The van der Waals surface area contributed by atoms with Crippen LogP contribution in [0, 0.1) is 0 Å². The molecular formula is C28H27N5O4. The third-order valence-corrected chi connectivity index (χ3v) is 6.43. The Kier molecular flexibility index (Phi) is 5.99. The van der Waals surface area contributed by atoms with E-state index in [1.807, 2.05) is 44.2 Å². The van der Waals surface area contributed by atoms with Gasteiger partial charge in [0.25, 0.3) is 5.91 Å². The predicted molar refractivity (Wildman–Crippen MR) is 140 cm³/mol. The van der Waals surface area contributed by atoms with E-state index in [0.717, 1.165) is 5.56 Å². The Balaban J connectivity index is 1.47. The summed E-state index contributed by atoms with van der Waals surface area (Å²) < 4.78 is 7.27. The lowest BCUT2D eigenvalue weighted by Crippen LogP contribution is -2.59. The van der Waals surface area contributed by atoms with Crippen LogP contribution in [0.5, 0.6) is 0 Å². The molecule has 3 heterocycles. The van der Waals surface area contributed by atoms with Crippen LogP contribution in [0.3, 0.4) is 0 Å². The Morgan fingerprint density at radius 2 is 1.76 bits per heavy atom. The van der Waals surface area contributed by atoms with E-state index >= 15 is 0 Å². The number of carbonyl (C=O) groups excluding carboxylic acids is 3. The number of aromatic nitrogens is 3. The fourth-order valence-corrected chi connectivity index (χ4v) is 4.49. The summed E-state index contributed by atoms with van der Waals surface area (Å²) in [5.41, 5.74) is 2.15. The van der Waals surface area contributed by atoms with Crippen molar-refractivity contribution < 1.29 is 19.1 Å². The zero-order valence-electron chi connectivity index (χ0n) is 21.1. The molecule has 5 rings (SSSR count). The average molecular weight is 498 g/mol. The molecule has 1 aliphatic rings. The SMILES string of the molecule is CC(C)n1ncc2c(C(=O)OCC(=O)N3c4ccccc4NC(=O)C3(C)C)cc(-c3ccccc3)nc21. The number of para-hydroxylation sites is 2. The molecule has 9 heteroatoms. The number of rotatable bonds is 5. The number of anilines is 2. The number of ether oxygens (including phenoxy) is 1. The maximum atomic E-state index is 13.3. The zero-order valence-corrected chi connectivity index (χ0v) is 21.1. The van der Waals surface area contributed by atoms with Gasteiger partial charge in [0.2, 0.25) is 5.91 Å². The molecule has 0 radical (unpaired) electrons. The summed E-state index contributed by atoms with van der Waals surface area (Å²) in [6.07, 6.45) is 1.59. The van der Waals surface area contributed by atoms with Crippen LogP contribution in [0.15, 0.2) is 66.9 Å². The number of hydrogen-bond acceptors (Lipinski definition) is 6. The molecule has 37 heavy (non-hydrogen) atoms. The zero-order chi connectivity index (χ0) is 26.3. The van der Waals surface area contributed by atoms with Gasteiger partial charge in [0.05, 0.1) is 34.2 Å². The van der Waals surface area contributed by atoms with Crippen LogP contribution in [0.2, 0.25) is 0 Å². The first-order valence-electron chi connectivity index (χ1n) is 12.0. The molecule has 0 saturated carbocycles. The quantitative estimate of drug-likeness (QED) is 0.404. The number of pyridine rings is 1. The molecule has 2 amide bonds. The molecule has 4 aromatic rings. The number of fused-ring (bicyclic) bond motifs is 2. The fraction of sp³-hybridized carbons (Fsp3) is 0.250. The van der Waals surface area contributed by atoms with Crippen molar-refractivity contribution in [2.75, 3.05) is 16.8 Å². The van der Waals surface area contributed by atoms with Crippen molar-refractivity contribution in [3.63, 3.8) is 0 Å². The topological polar surface area (TPSA) is 106 Å². The van der Waals surface area contributed by atoms with Gasteiger partial charge in [-0.15, -0.1) is 0 Å². The van der Waals surface area contributed by atoms with E-state index in [-0.39, 0.29) is 17.5 Å². The summed E-state index contributed by atoms with van der Waals surface area (Å²) >= 11 is 0. The first-order chi connectivity index (χ1) is 17.7. The normalized spacial score (nSPS) is 14.4. The number of amides is 2. The monoisotopic (exact) mass is 497 g/mol. The highest BCUT2D eigenvalue weighted by atomic mass is 16.5. The van der Waals surface area contributed by atoms with Crippen LogP contribution in [0.4, 0.5) is 11.4 Å². The molecule has 2 aromatic heterocycles. The maximum absolute atomic E-state index is 13.3. The van der Waals surface area contributed by atoms with Crippen LogP contribution < -0.4 is 10.2 Å². The number of benzene rings is 2. The molecule has 0 unspecified atom stereocenters. The lowest BCUT2D eigenvalue weighted by atomic mass is 9.96. The molecule has 0 spiro atoms. The number of hydrogen-bond donors (Lipinski definition) is 1. The van der Waals surface area contributed by atoms with Gasteiger partial charge in [-0.25, -0.2) is 14.5 Å². The summed E-state index contributed by atoms with van der Waals surface area (Å²) in [5.74, 6) is -1.50. The molecule has 0 aliphatic carbocycles. The number of esters is 1. The lowest BCUT2D eigenvalue weighted by Gasteiger charge is -2.41. The van der Waals surface area contributed by atoms with Gasteiger partial charge in [-0.3, -0.25) is 14.5 Å². The van der Waals surface area contributed by atoms with E-state index in [4.69, 9.17) is 9.72 Å². The van der Waals surface area contributed by atoms with E-state index in [1.165, 1.54) is 4.90 Å². The molecule has 1 aliphatic heterocycles. The largest absolute Gasteiger partial charge is 0.452 e. The molecule has 0 fully saturated rings. The summed E-state index contributed by atoms with van der Waals surface area (Å²) in [6, 6.07) is 18.2. The molecule has 188 valence electrons. The third kappa shape index (κ3) is 4.22. The fourth-order valence-electron chi connectivity index (χ4n) is 4.49. The van der Waals surface area contributed by atoms with Crippen molar-refractivity contribution in [2.24, 2.45) is 0 Å². The van der Waals surface area contributed by atoms with Crippen molar-refractivity contribution in [3.05, 3.63) is 72.4 Å². The van der Waals surface area contributed by atoms with Gasteiger partial charge >= 0.3 is 5.97 Å². The second-order valence-corrected chi connectivity index (χ2v) is 9.68. The Bertz CT molecular complexity index is 1520. The molecule has 2 aromatic carbocycles. The summed E-state index contributed by atoms with van der Waals surface area (Å²) in [7, 11) is 0. The summed E-state index contributed by atoms with van der Waals surface area (Å²) in [4.78, 5) is 45.5. The highest BCUT2D eigenvalue weighted by molar-refractivity contribution is 6.14. The van der Waals surface area contributed by atoms with Gasteiger partial charge in [0.1, 0.15) is 5.54 Å². The summed E-state index contributed by atoms with van der Waals surface area (Å²) in [6.45, 7) is 6.73. The molecular weight excluding hydrogens is 470 g/mol. The highest BCUT2D eigenvalue weighted by Gasteiger charge is 2.43. The Morgan fingerprint density at radius 1 is 1.05 bits per heavy atom. The smallest absolute Gasteiger partial charge is 0.339 e. The van der Waals surface area contributed by atoms with E-state index in [1.54, 1.807) is 55.1 Å². The molecule has 1 N–H and O–H groups in total. The van der Waals surface area contributed by atoms with E-state index in [9.17, 15) is 14.4 Å². The Morgan fingerprint density at radius 3 is 2.49 bits per heavy atom. The van der Waals surface area contributed by atoms with Crippen LogP contribution in [0.1, 0.15) is 44.1 Å². The second kappa shape index (κ2) is 9.16. The maximum Gasteiger partial charge on any atom is 0.339 e. The standard InChI is InChI=1S/C28H27N5O4/c1-17(2)33-25-20(15-29-33)19(14-22(30-25)18-10-6-5-7-11-18)26(35)37-16-24(34)32-23-13-9-8-12-21(23)31-27(36)28(32,3)4/h5-15,17H,16H2,1-4H3,(H,31,36). The highest BCUT2D eigenvalue weighted by Crippen LogP contribution is 2.36. The van der Waals surface area contributed by atoms with E-state index < -0.39 is 24.0 Å². The van der Waals surface area contributed by atoms with E-state index in [2.05, 4.69) is 10.4 Å². The number of carbonyl (C=O) groups is 3. The molecule has 0 saturated heterocycles. The lowest BCUT2D eigenvalue weighted by molar-refractivity contribution is -0.128. The molecule has 0 bridgehead atoms. The van der Waals surface area contributed by atoms with Crippen molar-refractivity contribution in [1.29, 1.82) is 0 Å². The second-order valence-electron chi connectivity index (χ2n) is 9.68. The van der Waals surface area contributed by atoms with Crippen LogP contribution >= 0.6 is 0 Å². The van der Waals surface area contributed by atoms with Crippen LogP contribution in [-0.2, 0) is 14.3 Å². The molecule has 9 nitrogen and oxygen atoms in total. The van der Waals surface area contributed by atoms with Gasteiger partial charge in [-0.1, -0.05) is 42.5 Å². The van der Waals surface area contributed by atoms with Crippen molar-refractivity contribution in [2.45, 2.75) is 39.3 Å². The van der Waals surface area contributed by atoms with Gasteiger partial charge in [0, 0.05) is 11.6 Å². The Labute approximate surface area is 214 Å². The van der Waals surface area contributed by atoms with E-state index in [0.29, 0.717) is 28.1 Å². The minimum Gasteiger partial charge on any atom is -0.452 e. The summed E-state index contributed by atoms with van der Waals surface area (Å²) in [5, 5.41) is 7.78. The predicted octanol–water partition coefficient (Wildman–Crippen LogP) is 4.60. The van der Waals surface area contributed by atoms with Crippen LogP contribution in [0.25, 0.3) is 22.3 Å². The Hall–Kier alpha value is -4.53. The van der Waals surface area contributed by atoms with Crippen molar-refractivity contribution >= 4 is 40.2 Å². The van der Waals surface area contributed by atoms with Gasteiger partial charge in [-0.05, 0) is 45.9 Å². The van der Waals surface area contributed by atoms with Gasteiger partial charge < -0.3 is 10.1 Å². The molecule has 0 atom stereocenters. The first kappa shape index (κ1) is 24.2. The van der Waals surface area contributed by atoms with Gasteiger partial charge in [-0.2, -0.15) is 5.10 Å². The third-order valence-electron chi connectivity index (χ3n) is 6.43. The minimum absolute atomic E-state index is 0.0222. The average Bonchev–Trinajstić information content (AvgIpc) is 3.32. The number of nitrogens with zero attached hydrogens (tertiary/aromatic N) is 4. The first-order valence-corrected chi connectivity index (χ1v) is 12.0. The van der Waals surface area contributed by atoms with Crippen molar-refractivity contribution in [3.8, 4) is 11.3 Å².